The lowest BCUT2D eigenvalue weighted by Crippen LogP contribution is -2.48. The van der Waals surface area contributed by atoms with E-state index in [2.05, 4.69) is 80.8 Å². The van der Waals surface area contributed by atoms with E-state index in [4.69, 9.17) is 5.73 Å². The molecule has 1 aliphatic rings. The summed E-state index contributed by atoms with van der Waals surface area (Å²) >= 11 is 1.53. The van der Waals surface area contributed by atoms with E-state index in [1.165, 1.54) is 22.5 Å². The van der Waals surface area contributed by atoms with Gasteiger partial charge in [-0.2, -0.15) is 0 Å². The lowest BCUT2D eigenvalue weighted by Gasteiger charge is -2.39. The Labute approximate surface area is 165 Å². The number of aromatic nitrogens is 1. The van der Waals surface area contributed by atoms with Gasteiger partial charge in [-0.1, -0.05) is 60.7 Å². The van der Waals surface area contributed by atoms with Crippen LogP contribution in [0.4, 0.5) is 5.13 Å². The van der Waals surface area contributed by atoms with Crippen LogP contribution in [-0.2, 0) is 6.42 Å². The Hall–Kier alpha value is -2.21. The van der Waals surface area contributed by atoms with Crippen molar-refractivity contribution in [2.45, 2.75) is 12.5 Å². The van der Waals surface area contributed by atoms with Crippen LogP contribution in [0, 0.1) is 0 Å². The molecule has 0 atom stereocenters. The van der Waals surface area contributed by atoms with Crippen LogP contribution in [0.5, 0.6) is 0 Å². The van der Waals surface area contributed by atoms with Gasteiger partial charge in [-0.15, -0.1) is 11.3 Å². The Balaban J connectivity index is 1.41. The topological polar surface area (TPSA) is 45.4 Å². The normalized spacial score (nSPS) is 16.0. The molecule has 0 unspecified atom stereocenters. The van der Waals surface area contributed by atoms with Gasteiger partial charge in [0.05, 0.1) is 11.7 Å². The molecule has 2 N–H and O–H groups in total. The van der Waals surface area contributed by atoms with Gasteiger partial charge in [-0.25, -0.2) is 4.98 Å². The summed E-state index contributed by atoms with van der Waals surface area (Å²) in [4.78, 5) is 9.53. The first kappa shape index (κ1) is 18.2. The summed E-state index contributed by atoms with van der Waals surface area (Å²) in [5.41, 5.74) is 9.59. The molecule has 2 heterocycles. The molecule has 0 amide bonds. The Morgan fingerprint density at radius 3 is 2.00 bits per heavy atom. The van der Waals surface area contributed by atoms with Crippen molar-refractivity contribution < 1.29 is 0 Å². The van der Waals surface area contributed by atoms with Gasteiger partial charge < -0.3 is 10.6 Å². The third-order valence-electron chi connectivity index (χ3n) is 5.26. The first-order chi connectivity index (χ1) is 13.3. The van der Waals surface area contributed by atoms with E-state index in [0.717, 1.165) is 44.8 Å². The molecule has 4 nitrogen and oxygen atoms in total. The van der Waals surface area contributed by atoms with Gasteiger partial charge in [0.1, 0.15) is 0 Å². The molecule has 27 heavy (non-hydrogen) atoms. The van der Waals surface area contributed by atoms with Gasteiger partial charge in [0, 0.05) is 44.5 Å². The minimum absolute atomic E-state index is 0.327. The standard InChI is InChI=1S/C22H26N4S/c23-22-24-20(17-27-22)11-12-25-13-15-26(16-14-25)21(18-7-3-1-4-8-18)19-9-5-2-6-10-19/h1-10,17,21H,11-16H2,(H2,23,24). The van der Waals surface area contributed by atoms with E-state index < -0.39 is 0 Å². The highest BCUT2D eigenvalue weighted by molar-refractivity contribution is 7.13. The second-order valence-electron chi connectivity index (χ2n) is 7.03. The molecule has 3 aromatic rings. The molecule has 1 aliphatic heterocycles. The summed E-state index contributed by atoms with van der Waals surface area (Å²) in [6.45, 7) is 5.39. The summed E-state index contributed by atoms with van der Waals surface area (Å²) in [6, 6.07) is 22.1. The van der Waals surface area contributed by atoms with Crippen LogP contribution in [-0.4, -0.2) is 47.5 Å². The minimum atomic E-state index is 0.327. The number of thiazole rings is 1. The highest BCUT2D eigenvalue weighted by Gasteiger charge is 2.26. The van der Waals surface area contributed by atoms with Gasteiger partial charge in [0.15, 0.2) is 5.13 Å². The summed E-state index contributed by atoms with van der Waals surface area (Å²) in [5, 5.41) is 2.75. The quantitative estimate of drug-likeness (QED) is 0.711. The van der Waals surface area contributed by atoms with Gasteiger partial charge in [0.2, 0.25) is 0 Å². The molecule has 1 aromatic heterocycles. The lowest BCUT2D eigenvalue weighted by atomic mass is 9.96. The highest BCUT2D eigenvalue weighted by Crippen LogP contribution is 2.29. The van der Waals surface area contributed by atoms with Crippen molar-refractivity contribution in [2.24, 2.45) is 0 Å². The first-order valence-electron chi connectivity index (χ1n) is 9.56. The maximum Gasteiger partial charge on any atom is 0.180 e. The van der Waals surface area contributed by atoms with Crippen molar-refractivity contribution in [1.29, 1.82) is 0 Å². The zero-order valence-electron chi connectivity index (χ0n) is 15.5. The molecule has 0 bridgehead atoms. The third-order valence-corrected chi connectivity index (χ3v) is 5.98. The number of hydrogen-bond acceptors (Lipinski definition) is 5. The van der Waals surface area contributed by atoms with E-state index in [1.54, 1.807) is 0 Å². The Morgan fingerprint density at radius 1 is 0.889 bits per heavy atom. The fraction of sp³-hybridized carbons (Fsp3) is 0.318. The molecular weight excluding hydrogens is 352 g/mol. The lowest BCUT2D eigenvalue weighted by molar-refractivity contribution is 0.110. The van der Waals surface area contributed by atoms with Crippen LogP contribution in [0.15, 0.2) is 66.0 Å². The fourth-order valence-electron chi connectivity index (χ4n) is 3.84. The predicted molar refractivity (Wildman–Crippen MR) is 113 cm³/mol. The number of nitrogens with zero attached hydrogens (tertiary/aromatic N) is 3. The molecular formula is C22H26N4S. The smallest absolute Gasteiger partial charge is 0.180 e. The number of benzene rings is 2. The van der Waals surface area contributed by atoms with Crippen molar-refractivity contribution >= 4 is 16.5 Å². The SMILES string of the molecule is Nc1nc(CCN2CCN(C(c3ccccc3)c3ccccc3)CC2)cs1. The van der Waals surface area contributed by atoms with Gasteiger partial charge >= 0.3 is 0 Å². The molecule has 5 heteroatoms. The van der Waals surface area contributed by atoms with Crippen molar-refractivity contribution in [3.63, 3.8) is 0 Å². The first-order valence-corrected chi connectivity index (χ1v) is 10.4. The maximum atomic E-state index is 5.74. The third kappa shape index (κ3) is 4.56. The number of rotatable bonds is 6. The fourth-order valence-corrected chi connectivity index (χ4v) is 4.44. The monoisotopic (exact) mass is 378 g/mol. The second-order valence-corrected chi connectivity index (χ2v) is 7.92. The van der Waals surface area contributed by atoms with Gasteiger partial charge in [-0.3, -0.25) is 4.90 Å². The summed E-state index contributed by atoms with van der Waals surface area (Å²) in [6.07, 6.45) is 0.981. The van der Waals surface area contributed by atoms with E-state index in [1.807, 2.05) is 0 Å². The van der Waals surface area contributed by atoms with Crippen LogP contribution < -0.4 is 5.73 Å². The Morgan fingerprint density at radius 2 is 1.48 bits per heavy atom. The molecule has 4 rings (SSSR count). The van der Waals surface area contributed by atoms with Gasteiger partial charge in [-0.05, 0) is 11.1 Å². The summed E-state index contributed by atoms with van der Waals surface area (Å²) < 4.78 is 0. The number of piperazine rings is 1. The van der Waals surface area contributed by atoms with Crippen molar-refractivity contribution in [2.75, 3.05) is 38.5 Å². The van der Waals surface area contributed by atoms with Gasteiger partial charge in [0.25, 0.3) is 0 Å². The molecule has 1 saturated heterocycles. The van der Waals surface area contributed by atoms with Crippen LogP contribution in [0.25, 0.3) is 0 Å². The zero-order valence-corrected chi connectivity index (χ0v) is 16.3. The zero-order chi connectivity index (χ0) is 18.5. The Kier molecular flexibility index (Phi) is 5.82. The number of nitrogens with two attached hydrogens (primary N) is 1. The number of nitrogen functional groups attached to an aromatic ring is 1. The highest BCUT2D eigenvalue weighted by atomic mass is 32.1. The molecule has 140 valence electrons. The van der Waals surface area contributed by atoms with Crippen LogP contribution in [0.3, 0.4) is 0 Å². The van der Waals surface area contributed by atoms with Crippen LogP contribution in [0.2, 0.25) is 0 Å². The van der Waals surface area contributed by atoms with E-state index in [-0.39, 0.29) is 0 Å². The van der Waals surface area contributed by atoms with E-state index >= 15 is 0 Å². The Bertz CT molecular complexity index is 786. The van der Waals surface area contributed by atoms with Crippen LogP contribution >= 0.6 is 11.3 Å². The summed E-state index contributed by atoms with van der Waals surface area (Å²) in [5.74, 6) is 0. The van der Waals surface area contributed by atoms with Crippen molar-refractivity contribution in [3.8, 4) is 0 Å². The molecule has 0 aliphatic carbocycles. The molecule has 2 aromatic carbocycles. The molecule has 0 saturated carbocycles. The number of anilines is 1. The minimum Gasteiger partial charge on any atom is -0.375 e. The average Bonchev–Trinajstić information content (AvgIpc) is 3.14. The molecule has 0 spiro atoms. The van der Waals surface area contributed by atoms with E-state index in [0.29, 0.717) is 11.2 Å². The maximum absolute atomic E-state index is 5.74. The molecule has 0 radical (unpaired) electrons. The van der Waals surface area contributed by atoms with E-state index in [9.17, 15) is 0 Å². The largest absolute Gasteiger partial charge is 0.375 e. The van der Waals surface area contributed by atoms with Crippen molar-refractivity contribution in [1.82, 2.24) is 14.8 Å². The number of hydrogen-bond donors (Lipinski definition) is 1. The average molecular weight is 379 g/mol. The predicted octanol–water partition coefficient (Wildman–Crippen LogP) is 3.68. The van der Waals surface area contributed by atoms with Crippen LogP contribution in [0.1, 0.15) is 22.9 Å². The van der Waals surface area contributed by atoms with Crippen molar-refractivity contribution in [3.05, 3.63) is 82.9 Å². The second kappa shape index (κ2) is 8.65. The molecule has 1 fully saturated rings. The summed E-state index contributed by atoms with van der Waals surface area (Å²) in [7, 11) is 0.